The van der Waals surface area contributed by atoms with E-state index in [2.05, 4.69) is 32.1 Å². The van der Waals surface area contributed by atoms with E-state index in [0.717, 1.165) is 32.0 Å². The summed E-state index contributed by atoms with van der Waals surface area (Å²) >= 11 is 0. The first kappa shape index (κ1) is 22.7. The van der Waals surface area contributed by atoms with Gasteiger partial charge >= 0.3 is 6.09 Å². The van der Waals surface area contributed by atoms with Gasteiger partial charge in [-0.3, -0.25) is 0 Å². The Morgan fingerprint density at radius 3 is 1.89 bits per heavy atom. The fourth-order valence-electron chi connectivity index (χ4n) is 0.582. The van der Waals surface area contributed by atoms with Crippen LogP contribution in [-0.4, -0.2) is 24.7 Å². The van der Waals surface area contributed by atoms with E-state index >= 15 is 0 Å². The molecule has 112 valence electrons. The highest BCUT2D eigenvalue weighted by atomic mass is 16.6. The van der Waals surface area contributed by atoms with Crippen LogP contribution in [-0.2, 0) is 9.53 Å². The largest absolute Gasteiger partial charge is 0.442 e. The van der Waals surface area contributed by atoms with Gasteiger partial charge in [-0.2, -0.15) is 4.99 Å². The molecule has 0 radical (unpaired) electrons. The molecule has 4 heteroatoms. The lowest BCUT2D eigenvalue weighted by molar-refractivity contribution is -0.107. The molecule has 0 aliphatic rings. The van der Waals surface area contributed by atoms with Crippen LogP contribution in [0.4, 0.5) is 4.79 Å². The summed E-state index contributed by atoms with van der Waals surface area (Å²) in [5, 5.41) is 0. The molecule has 0 unspecified atom stereocenters. The molecule has 0 aromatic heterocycles. The average molecular weight is 271 g/mol. The summed E-state index contributed by atoms with van der Waals surface area (Å²) in [5.74, 6) is 0. The molecule has 0 spiro atoms. The molecular formula is C15H29NO3. The summed E-state index contributed by atoms with van der Waals surface area (Å²) in [6, 6.07) is 0. The van der Waals surface area contributed by atoms with Crippen LogP contribution in [0.5, 0.6) is 0 Å². The van der Waals surface area contributed by atoms with Crippen molar-refractivity contribution in [1.82, 2.24) is 0 Å². The summed E-state index contributed by atoms with van der Waals surface area (Å²) < 4.78 is 4.72. The molecule has 0 aliphatic heterocycles. The Bertz CT molecular complexity index is 242. The predicted molar refractivity (Wildman–Crippen MR) is 81.9 cm³/mol. The van der Waals surface area contributed by atoms with Crippen molar-refractivity contribution in [1.29, 1.82) is 0 Å². The number of ether oxygens (including phenoxy) is 1. The third kappa shape index (κ3) is 38.4. The summed E-state index contributed by atoms with van der Waals surface area (Å²) in [5.41, 5.74) is -0.460. The van der Waals surface area contributed by atoms with Crippen molar-refractivity contribution in [3.05, 3.63) is 12.7 Å². The zero-order valence-corrected chi connectivity index (χ0v) is 13.1. The number of hydrogen-bond donors (Lipinski definition) is 0. The Labute approximate surface area is 118 Å². The van der Waals surface area contributed by atoms with Gasteiger partial charge in [0.15, 0.2) is 0 Å². The van der Waals surface area contributed by atoms with Gasteiger partial charge in [-0.1, -0.05) is 26.3 Å². The van der Waals surface area contributed by atoms with Gasteiger partial charge in [0.25, 0.3) is 0 Å². The van der Waals surface area contributed by atoms with Crippen LogP contribution >= 0.6 is 0 Å². The van der Waals surface area contributed by atoms with E-state index in [4.69, 9.17) is 4.74 Å². The second-order valence-corrected chi connectivity index (χ2v) is 4.64. The fourth-order valence-corrected chi connectivity index (χ4v) is 0.582. The van der Waals surface area contributed by atoms with Crippen LogP contribution in [0.1, 0.15) is 60.3 Å². The van der Waals surface area contributed by atoms with E-state index in [0.29, 0.717) is 0 Å². The lowest BCUT2D eigenvalue weighted by atomic mass is 10.2. The first-order valence-electron chi connectivity index (χ1n) is 6.53. The van der Waals surface area contributed by atoms with Crippen LogP contribution < -0.4 is 0 Å². The molecule has 0 rings (SSSR count). The van der Waals surface area contributed by atoms with Crippen molar-refractivity contribution >= 4 is 19.1 Å². The third-order valence-electron chi connectivity index (χ3n) is 1.49. The van der Waals surface area contributed by atoms with Gasteiger partial charge in [-0.15, -0.1) is 6.58 Å². The number of aliphatic imine (C=N–C) groups is 1. The monoisotopic (exact) mass is 271 g/mol. The van der Waals surface area contributed by atoms with E-state index in [1.807, 2.05) is 6.08 Å². The molecule has 0 atom stereocenters. The molecule has 0 heterocycles. The maximum Gasteiger partial charge on any atom is 0.433 e. The number of rotatable bonds is 4. The predicted octanol–water partition coefficient (Wildman–Crippen LogP) is 4.58. The van der Waals surface area contributed by atoms with Crippen molar-refractivity contribution < 1.29 is 14.3 Å². The van der Waals surface area contributed by atoms with Crippen molar-refractivity contribution in [2.75, 3.05) is 0 Å². The summed E-state index contributed by atoms with van der Waals surface area (Å²) in [7, 11) is 0. The zero-order valence-electron chi connectivity index (χ0n) is 13.1. The van der Waals surface area contributed by atoms with E-state index in [9.17, 15) is 9.59 Å². The van der Waals surface area contributed by atoms with Gasteiger partial charge in [0.1, 0.15) is 11.9 Å². The number of allylic oxidation sites excluding steroid dienone is 1. The van der Waals surface area contributed by atoms with E-state index < -0.39 is 11.7 Å². The van der Waals surface area contributed by atoms with Gasteiger partial charge in [-0.25, -0.2) is 4.79 Å². The van der Waals surface area contributed by atoms with Crippen LogP contribution in [0.3, 0.4) is 0 Å². The summed E-state index contributed by atoms with van der Waals surface area (Å²) in [6.45, 7) is 16.0. The van der Waals surface area contributed by atoms with Gasteiger partial charge in [0.2, 0.25) is 0 Å². The molecular weight excluding hydrogens is 242 g/mol. The third-order valence-corrected chi connectivity index (χ3v) is 1.49. The van der Waals surface area contributed by atoms with Crippen LogP contribution in [0.25, 0.3) is 0 Å². The van der Waals surface area contributed by atoms with Crippen molar-refractivity contribution in [3.8, 4) is 0 Å². The SMILES string of the molecule is C=CCC.C=NC(=O)OC(C)(C)C.CCCCC=O. The quantitative estimate of drug-likeness (QED) is 0.325. The van der Waals surface area contributed by atoms with Crippen LogP contribution in [0.2, 0.25) is 0 Å². The molecule has 4 nitrogen and oxygen atoms in total. The molecule has 0 saturated carbocycles. The normalized spacial score (nSPS) is 8.89. The Balaban J connectivity index is -0.000000222. The van der Waals surface area contributed by atoms with E-state index in [-0.39, 0.29) is 0 Å². The zero-order chi connectivity index (χ0) is 15.7. The smallest absolute Gasteiger partial charge is 0.433 e. The first-order valence-corrected chi connectivity index (χ1v) is 6.53. The highest BCUT2D eigenvalue weighted by molar-refractivity contribution is 5.73. The second kappa shape index (κ2) is 16.6. The van der Waals surface area contributed by atoms with Crippen molar-refractivity contribution in [2.45, 2.75) is 65.9 Å². The number of carbonyl (C=O) groups is 2. The van der Waals surface area contributed by atoms with Crippen molar-refractivity contribution in [3.63, 3.8) is 0 Å². The molecule has 0 N–H and O–H groups in total. The lowest BCUT2D eigenvalue weighted by Gasteiger charge is -2.16. The Morgan fingerprint density at radius 2 is 1.79 bits per heavy atom. The minimum Gasteiger partial charge on any atom is -0.442 e. The average Bonchev–Trinajstić information content (AvgIpc) is 2.35. The number of hydrogen-bond acceptors (Lipinski definition) is 3. The molecule has 1 amide bonds. The topological polar surface area (TPSA) is 55.7 Å². The van der Waals surface area contributed by atoms with Crippen LogP contribution in [0.15, 0.2) is 17.6 Å². The van der Waals surface area contributed by atoms with Gasteiger partial charge in [0, 0.05) is 6.42 Å². The van der Waals surface area contributed by atoms with Crippen LogP contribution in [0, 0.1) is 0 Å². The molecule has 0 aromatic rings. The molecule has 0 fully saturated rings. The molecule has 0 saturated heterocycles. The minimum atomic E-state index is -0.623. The van der Waals surface area contributed by atoms with Crippen molar-refractivity contribution in [2.24, 2.45) is 4.99 Å². The standard InChI is InChI=1S/C6H11NO2.C5H10O.C4H8/c1-6(2,3)9-5(8)7-4;1-2-3-4-5-6;1-3-4-2/h4H2,1-3H3;5H,2-4H2,1H3;3H,1,4H2,2H3. The Hall–Kier alpha value is -1.45. The van der Waals surface area contributed by atoms with Gasteiger partial charge in [-0.05, 0) is 40.3 Å². The number of carbonyl (C=O) groups excluding carboxylic acids is 2. The van der Waals surface area contributed by atoms with E-state index in [1.54, 1.807) is 20.8 Å². The highest BCUT2D eigenvalue weighted by Crippen LogP contribution is 2.07. The molecule has 0 aromatic carbocycles. The summed E-state index contributed by atoms with van der Waals surface area (Å²) in [4.78, 5) is 23.0. The first-order chi connectivity index (χ1) is 8.78. The lowest BCUT2D eigenvalue weighted by Crippen LogP contribution is -2.21. The number of aldehydes is 1. The minimum absolute atomic E-state index is 0.460. The maximum atomic E-state index is 10.4. The maximum absolute atomic E-state index is 10.4. The van der Waals surface area contributed by atoms with E-state index in [1.165, 1.54) is 0 Å². The summed E-state index contributed by atoms with van der Waals surface area (Å²) in [6.07, 6.45) is 6.20. The molecule has 0 aliphatic carbocycles. The number of amides is 1. The Kier molecular flexibility index (Phi) is 19.8. The fraction of sp³-hybridized carbons (Fsp3) is 0.667. The molecule has 19 heavy (non-hydrogen) atoms. The molecule has 0 bridgehead atoms. The van der Waals surface area contributed by atoms with Gasteiger partial charge in [0.05, 0.1) is 0 Å². The number of unbranched alkanes of at least 4 members (excludes halogenated alkanes) is 2. The Morgan fingerprint density at radius 1 is 1.32 bits per heavy atom. The number of nitrogens with zero attached hydrogens (tertiary/aromatic N) is 1. The van der Waals surface area contributed by atoms with Gasteiger partial charge < -0.3 is 9.53 Å². The second-order valence-electron chi connectivity index (χ2n) is 4.64. The highest BCUT2D eigenvalue weighted by Gasteiger charge is 2.13.